The van der Waals surface area contributed by atoms with Crippen LogP contribution in [0.15, 0.2) is 54.6 Å². The molecule has 0 saturated carbocycles. The van der Waals surface area contributed by atoms with E-state index < -0.39 is 5.97 Å². The number of halogens is 1. The van der Waals surface area contributed by atoms with Gasteiger partial charge >= 0.3 is 5.97 Å². The number of aryl methyl sites for hydroxylation is 1. The van der Waals surface area contributed by atoms with Crippen molar-refractivity contribution in [2.24, 2.45) is 0 Å². The third kappa shape index (κ3) is 4.53. The van der Waals surface area contributed by atoms with E-state index in [1.165, 1.54) is 17.0 Å². The number of carbonyl (C=O) groups is 2. The standard InChI is InChI=1S/C21H21FN2O3/c1-15-11-17-5-3-4-6-19(17)24(15)13-21(26)27-14-20(25)23(2)12-16-7-9-18(22)10-8-16/h3-11H,12-14H2,1-2H3. The molecular weight excluding hydrogens is 347 g/mol. The molecule has 3 aromatic rings. The number of benzene rings is 2. The third-order valence-electron chi connectivity index (χ3n) is 4.42. The topological polar surface area (TPSA) is 51.5 Å². The van der Waals surface area contributed by atoms with Crippen molar-refractivity contribution in [2.75, 3.05) is 13.7 Å². The Hall–Kier alpha value is -3.15. The second-order valence-corrected chi connectivity index (χ2v) is 6.47. The smallest absolute Gasteiger partial charge is 0.326 e. The van der Waals surface area contributed by atoms with Crippen LogP contribution in [0.3, 0.4) is 0 Å². The molecule has 27 heavy (non-hydrogen) atoms. The predicted octanol–water partition coefficient (Wildman–Crippen LogP) is 3.29. The molecule has 0 aliphatic carbocycles. The first-order chi connectivity index (χ1) is 12.9. The van der Waals surface area contributed by atoms with Crippen LogP contribution in [0.5, 0.6) is 0 Å². The zero-order valence-electron chi connectivity index (χ0n) is 15.3. The van der Waals surface area contributed by atoms with Crippen molar-refractivity contribution in [1.82, 2.24) is 9.47 Å². The molecule has 0 saturated heterocycles. The summed E-state index contributed by atoms with van der Waals surface area (Å²) in [7, 11) is 1.61. The molecule has 1 heterocycles. The highest BCUT2D eigenvalue weighted by Gasteiger charge is 2.14. The van der Waals surface area contributed by atoms with E-state index in [2.05, 4.69) is 0 Å². The second-order valence-electron chi connectivity index (χ2n) is 6.47. The van der Waals surface area contributed by atoms with Crippen LogP contribution in [-0.4, -0.2) is 35.0 Å². The number of para-hydroxylation sites is 1. The van der Waals surface area contributed by atoms with Crippen LogP contribution >= 0.6 is 0 Å². The van der Waals surface area contributed by atoms with Gasteiger partial charge in [-0.1, -0.05) is 30.3 Å². The summed E-state index contributed by atoms with van der Waals surface area (Å²) in [6.45, 7) is 1.97. The van der Waals surface area contributed by atoms with Crippen molar-refractivity contribution in [3.05, 3.63) is 71.7 Å². The molecule has 0 unspecified atom stereocenters. The maximum absolute atomic E-state index is 12.9. The SMILES string of the molecule is Cc1cc2ccccc2n1CC(=O)OCC(=O)N(C)Cc1ccc(F)cc1. The highest BCUT2D eigenvalue weighted by Crippen LogP contribution is 2.19. The summed E-state index contributed by atoms with van der Waals surface area (Å²) < 4.78 is 19.9. The first kappa shape index (κ1) is 18.6. The molecule has 0 N–H and O–H groups in total. The molecule has 6 heteroatoms. The van der Waals surface area contributed by atoms with Gasteiger partial charge < -0.3 is 14.2 Å². The Bertz CT molecular complexity index is 963. The fraction of sp³-hybridized carbons (Fsp3) is 0.238. The number of nitrogens with zero attached hydrogens (tertiary/aromatic N) is 2. The third-order valence-corrected chi connectivity index (χ3v) is 4.42. The zero-order valence-corrected chi connectivity index (χ0v) is 15.3. The van der Waals surface area contributed by atoms with Gasteiger partial charge in [0.2, 0.25) is 0 Å². The van der Waals surface area contributed by atoms with Crippen LogP contribution in [0.1, 0.15) is 11.3 Å². The van der Waals surface area contributed by atoms with Gasteiger partial charge in [-0.05, 0) is 42.1 Å². The Morgan fingerprint density at radius 3 is 2.56 bits per heavy atom. The van der Waals surface area contributed by atoms with E-state index in [1.54, 1.807) is 19.2 Å². The molecule has 0 spiro atoms. The predicted molar refractivity (Wildman–Crippen MR) is 101 cm³/mol. The van der Waals surface area contributed by atoms with Gasteiger partial charge in [-0.3, -0.25) is 9.59 Å². The number of likely N-dealkylation sites (N-methyl/N-ethyl adjacent to an activating group) is 1. The maximum atomic E-state index is 12.9. The molecule has 0 bridgehead atoms. The quantitative estimate of drug-likeness (QED) is 0.628. The molecular formula is C21H21FN2O3. The lowest BCUT2D eigenvalue weighted by molar-refractivity contribution is -0.152. The van der Waals surface area contributed by atoms with Crippen LogP contribution in [0.4, 0.5) is 4.39 Å². The van der Waals surface area contributed by atoms with Crippen molar-refractivity contribution in [3.8, 4) is 0 Å². The summed E-state index contributed by atoms with van der Waals surface area (Å²) >= 11 is 0. The number of esters is 1. The summed E-state index contributed by atoms with van der Waals surface area (Å²) in [6.07, 6.45) is 0. The van der Waals surface area contributed by atoms with E-state index in [1.807, 2.05) is 41.8 Å². The molecule has 0 aliphatic rings. The van der Waals surface area contributed by atoms with Crippen molar-refractivity contribution < 1.29 is 18.7 Å². The highest BCUT2D eigenvalue weighted by atomic mass is 19.1. The van der Waals surface area contributed by atoms with Gasteiger partial charge in [0.05, 0.1) is 0 Å². The van der Waals surface area contributed by atoms with Gasteiger partial charge in [0.1, 0.15) is 12.4 Å². The molecule has 1 amide bonds. The largest absolute Gasteiger partial charge is 0.454 e. The molecule has 140 valence electrons. The van der Waals surface area contributed by atoms with Crippen LogP contribution < -0.4 is 0 Å². The molecule has 0 fully saturated rings. The number of carbonyl (C=O) groups excluding carboxylic acids is 2. The van der Waals surface area contributed by atoms with Crippen molar-refractivity contribution in [3.63, 3.8) is 0 Å². The number of aromatic nitrogens is 1. The van der Waals surface area contributed by atoms with Gasteiger partial charge in [-0.15, -0.1) is 0 Å². The minimum absolute atomic E-state index is 0.0499. The zero-order chi connectivity index (χ0) is 19.4. The van der Waals surface area contributed by atoms with Crippen LogP contribution in [0.25, 0.3) is 10.9 Å². The number of hydrogen-bond donors (Lipinski definition) is 0. The van der Waals surface area contributed by atoms with Gasteiger partial charge in [0, 0.05) is 24.8 Å². The second kappa shape index (κ2) is 8.03. The number of amides is 1. The number of ether oxygens (including phenoxy) is 1. The van der Waals surface area contributed by atoms with Crippen LogP contribution in [-0.2, 0) is 27.4 Å². The fourth-order valence-corrected chi connectivity index (χ4v) is 2.94. The average molecular weight is 368 g/mol. The minimum Gasteiger partial charge on any atom is -0.454 e. The monoisotopic (exact) mass is 368 g/mol. The fourth-order valence-electron chi connectivity index (χ4n) is 2.94. The summed E-state index contributed by atoms with van der Waals surface area (Å²) in [5.41, 5.74) is 2.70. The molecule has 5 nitrogen and oxygen atoms in total. The first-order valence-electron chi connectivity index (χ1n) is 8.63. The van der Waals surface area contributed by atoms with E-state index in [4.69, 9.17) is 4.74 Å². The summed E-state index contributed by atoms with van der Waals surface area (Å²) in [5, 5.41) is 1.05. The van der Waals surface area contributed by atoms with E-state index in [-0.39, 0.29) is 24.9 Å². The van der Waals surface area contributed by atoms with Crippen molar-refractivity contribution >= 4 is 22.8 Å². The van der Waals surface area contributed by atoms with Gasteiger partial charge in [0.25, 0.3) is 5.91 Å². The summed E-state index contributed by atoms with van der Waals surface area (Å²) in [4.78, 5) is 25.8. The summed E-state index contributed by atoms with van der Waals surface area (Å²) in [5.74, 6) is -1.11. The van der Waals surface area contributed by atoms with E-state index in [0.29, 0.717) is 6.54 Å². The van der Waals surface area contributed by atoms with Crippen LogP contribution in [0, 0.1) is 12.7 Å². The van der Waals surface area contributed by atoms with E-state index in [0.717, 1.165) is 22.2 Å². The Labute approximate surface area is 157 Å². The average Bonchev–Trinajstić information content (AvgIpc) is 2.97. The van der Waals surface area contributed by atoms with E-state index >= 15 is 0 Å². The number of rotatable bonds is 6. The molecule has 0 radical (unpaired) electrons. The lowest BCUT2D eigenvalue weighted by Gasteiger charge is -2.17. The van der Waals surface area contributed by atoms with Gasteiger partial charge in [-0.2, -0.15) is 0 Å². The number of hydrogen-bond acceptors (Lipinski definition) is 3. The van der Waals surface area contributed by atoms with E-state index in [9.17, 15) is 14.0 Å². The Kier molecular flexibility index (Phi) is 5.54. The first-order valence-corrected chi connectivity index (χ1v) is 8.63. The van der Waals surface area contributed by atoms with Crippen molar-refractivity contribution in [1.29, 1.82) is 0 Å². The normalized spacial score (nSPS) is 10.8. The molecule has 0 aliphatic heterocycles. The van der Waals surface area contributed by atoms with Gasteiger partial charge in [-0.25, -0.2) is 4.39 Å². The Balaban J connectivity index is 1.54. The van der Waals surface area contributed by atoms with Gasteiger partial charge in [0.15, 0.2) is 6.61 Å². The highest BCUT2D eigenvalue weighted by molar-refractivity contribution is 5.84. The van der Waals surface area contributed by atoms with Crippen LogP contribution in [0.2, 0.25) is 0 Å². The Morgan fingerprint density at radius 1 is 1.11 bits per heavy atom. The molecule has 0 atom stereocenters. The maximum Gasteiger partial charge on any atom is 0.326 e. The Morgan fingerprint density at radius 2 is 1.81 bits per heavy atom. The molecule has 1 aromatic heterocycles. The number of fused-ring (bicyclic) bond motifs is 1. The molecule has 2 aromatic carbocycles. The lowest BCUT2D eigenvalue weighted by atomic mass is 10.2. The lowest BCUT2D eigenvalue weighted by Crippen LogP contribution is -2.31. The summed E-state index contributed by atoms with van der Waals surface area (Å²) in [6, 6.07) is 15.7. The molecule has 3 rings (SSSR count). The van der Waals surface area contributed by atoms with Crippen molar-refractivity contribution in [2.45, 2.75) is 20.0 Å². The minimum atomic E-state index is -0.469.